The molecule has 84 heavy (non-hydrogen) atoms. The lowest BCUT2D eigenvalue weighted by Crippen LogP contribution is -2.37. The van der Waals surface area contributed by atoms with Gasteiger partial charge in [-0.25, -0.2) is 4.57 Å². The maximum atomic E-state index is 12.9. The van der Waals surface area contributed by atoms with Gasteiger partial charge in [-0.15, -0.1) is 0 Å². The predicted octanol–water partition coefficient (Wildman–Crippen LogP) is 23.2. The first-order valence-corrected chi connectivity index (χ1v) is 37.2. The normalized spacial score (nSPS) is 13.5. The van der Waals surface area contributed by atoms with Crippen molar-refractivity contribution in [3.8, 4) is 0 Å². The fourth-order valence-electron chi connectivity index (χ4n) is 10.3. The Balaban J connectivity index is 3.99. The summed E-state index contributed by atoms with van der Waals surface area (Å²) < 4.78 is 34.7. The Hall–Kier alpha value is -2.55. The van der Waals surface area contributed by atoms with Gasteiger partial charge in [0, 0.05) is 12.8 Å². The molecule has 0 saturated heterocycles. The van der Waals surface area contributed by atoms with E-state index in [1.807, 2.05) is 21.1 Å². The fraction of sp³-hybridized carbons (Fsp3) is 0.811. The van der Waals surface area contributed by atoms with Gasteiger partial charge in [-0.3, -0.25) is 18.6 Å². The van der Waals surface area contributed by atoms with Crippen molar-refractivity contribution in [2.75, 3.05) is 47.5 Å². The average molecular weight is 1200 g/mol. The van der Waals surface area contributed by atoms with E-state index in [4.69, 9.17) is 18.5 Å². The lowest BCUT2D eigenvalue weighted by Gasteiger charge is -2.24. The smallest absolute Gasteiger partial charge is 0.462 e. The van der Waals surface area contributed by atoms with Crippen LogP contribution in [0, 0.1) is 0 Å². The molecular weight excluding hydrogens is 1060 g/mol. The number of likely N-dealkylation sites (N-methyl/N-ethyl adjacent to an activating group) is 1. The monoisotopic (exact) mass is 1200 g/mol. The van der Waals surface area contributed by atoms with Crippen LogP contribution in [0.25, 0.3) is 0 Å². The van der Waals surface area contributed by atoms with Crippen LogP contribution in [-0.4, -0.2) is 74.9 Å². The molecule has 0 saturated carbocycles. The minimum absolute atomic E-state index is 0.0323. The Morgan fingerprint density at radius 1 is 0.381 bits per heavy atom. The lowest BCUT2D eigenvalue weighted by molar-refractivity contribution is -0.870. The number of hydrogen-bond donors (Lipinski definition) is 1. The van der Waals surface area contributed by atoms with Gasteiger partial charge in [0.25, 0.3) is 0 Å². The Morgan fingerprint density at radius 2 is 0.679 bits per heavy atom. The number of ether oxygens (including phenoxy) is 2. The largest absolute Gasteiger partial charge is 0.472 e. The molecule has 0 heterocycles. The summed E-state index contributed by atoms with van der Waals surface area (Å²) in [5, 5.41) is 0. The molecule has 0 aromatic carbocycles. The van der Waals surface area contributed by atoms with E-state index in [0.29, 0.717) is 23.9 Å². The van der Waals surface area contributed by atoms with Gasteiger partial charge in [-0.05, 0) is 83.5 Å². The highest BCUT2D eigenvalue weighted by molar-refractivity contribution is 7.47. The van der Waals surface area contributed by atoms with Crippen molar-refractivity contribution in [1.82, 2.24) is 0 Å². The van der Waals surface area contributed by atoms with Crippen LogP contribution < -0.4 is 0 Å². The standard InChI is InChI=1S/C74H136NO8P/c1-6-8-10-12-14-16-18-20-22-24-26-28-30-32-33-34-35-36-37-38-39-40-41-43-45-47-49-51-53-55-57-59-61-63-65-67-74(77)83-72(71-82-84(78,79)81-69-68-75(3,4)5)70-80-73(76)66-64-62-60-58-56-54-52-50-48-46-44-42-31-29-27-25-23-21-19-17-15-13-11-9-7-2/h8,10,14,16,20,22,25-28,32-33,72H,6-7,9,11-13,15,17-19,21,23-24,29-31,34-71H2,1-5H3/p+1/b10-8-,16-14-,22-20-,27-25-,28-26-,33-32-. The second-order valence-electron chi connectivity index (χ2n) is 25.2. The quantitative estimate of drug-likeness (QED) is 0.0211. The summed E-state index contributed by atoms with van der Waals surface area (Å²) in [6.07, 6.45) is 87.3. The molecule has 0 spiro atoms. The van der Waals surface area contributed by atoms with Crippen molar-refractivity contribution >= 4 is 19.8 Å². The fourth-order valence-corrected chi connectivity index (χ4v) is 11.0. The number of nitrogens with zero attached hydrogens (tertiary/aromatic N) is 1. The number of phosphoric ester groups is 1. The van der Waals surface area contributed by atoms with E-state index in [0.717, 1.165) is 64.2 Å². The van der Waals surface area contributed by atoms with Gasteiger partial charge in [0.1, 0.15) is 19.8 Å². The van der Waals surface area contributed by atoms with Crippen LogP contribution >= 0.6 is 7.82 Å². The summed E-state index contributed by atoms with van der Waals surface area (Å²) in [6, 6.07) is 0. The molecule has 0 aliphatic heterocycles. The Bertz CT molecular complexity index is 1650. The van der Waals surface area contributed by atoms with Gasteiger partial charge in [0.15, 0.2) is 6.10 Å². The molecule has 0 aliphatic rings. The first-order valence-electron chi connectivity index (χ1n) is 35.7. The first kappa shape index (κ1) is 81.5. The molecule has 0 aromatic heterocycles. The molecule has 2 atom stereocenters. The van der Waals surface area contributed by atoms with Crippen LogP contribution in [-0.2, 0) is 32.7 Å². The van der Waals surface area contributed by atoms with E-state index < -0.39 is 26.5 Å². The highest BCUT2D eigenvalue weighted by Gasteiger charge is 2.27. The van der Waals surface area contributed by atoms with E-state index in [2.05, 4.69) is 86.8 Å². The van der Waals surface area contributed by atoms with Gasteiger partial charge in [0.2, 0.25) is 0 Å². The van der Waals surface area contributed by atoms with Crippen LogP contribution in [0.4, 0.5) is 0 Å². The van der Waals surface area contributed by atoms with E-state index in [1.165, 1.54) is 238 Å². The maximum Gasteiger partial charge on any atom is 0.472 e. The van der Waals surface area contributed by atoms with E-state index >= 15 is 0 Å². The van der Waals surface area contributed by atoms with E-state index in [9.17, 15) is 19.0 Å². The van der Waals surface area contributed by atoms with Crippen LogP contribution in [0.5, 0.6) is 0 Å². The zero-order valence-electron chi connectivity index (χ0n) is 55.9. The molecule has 0 radical (unpaired) electrons. The summed E-state index contributed by atoms with van der Waals surface area (Å²) in [5.74, 6) is -0.782. The van der Waals surface area contributed by atoms with Gasteiger partial charge in [-0.2, -0.15) is 0 Å². The third-order valence-electron chi connectivity index (χ3n) is 15.7. The molecule has 10 heteroatoms. The third kappa shape index (κ3) is 68.6. The van der Waals surface area contributed by atoms with Gasteiger partial charge in [0.05, 0.1) is 27.7 Å². The lowest BCUT2D eigenvalue weighted by atomic mass is 10.0. The molecule has 0 fully saturated rings. The highest BCUT2D eigenvalue weighted by Crippen LogP contribution is 2.43. The summed E-state index contributed by atoms with van der Waals surface area (Å²) in [5.41, 5.74) is 0. The van der Waals surface area contributed by atoms with Crippen molar-refractivity contribution in [1.29, 1.82) is 0 Å². The zero-order chi connectivity index (χ0) is 61.2. The SMILES string of the molecule is CC/C=C\C/C=C\C/C=C\C/C=C\C/C=C\CCCCCCCCCCCCCCCCCCCCCC(=O)OC(COC(=O)CCCCCCCCCCCCCCC/C=C\CCCCCCCCCC)COP(=O)(O)OCC[N+](C)(C)C. The number of phosphoric acid groups is 1. The van der Waals surface area contributed by atoms with Crippen molar-refractivity contribution in [2.24, 2.45) is 0 Å². The molecule has 2 unspecified atom stereocenters. The number of esters is 2. The number of carbonyl (C=O) groups excluding carboxylic acids is 2. The molecule has 0 aliphatic carbocycles. The number of quaternary nitrogens is 1. The van der Waals surface area contributed by atoms with Crippen LogP contribution in [0.15, 0.2) is 72.9 Å². The summed E-state index contributed by atoms with van der Waals surface area (Å²) in [7, 11) is 1.49. The Kier molecular flexibility index (Phi) is 62.9. The third-order valence-corrected chi connectivity index (χ3v) is 16.7. The molecule has 490 valence electrons. The topological polar surface area (TPSA) is 108 Å². The van der Waals surface area contributed by atoms with Crippen molar-refractivity contribution in [3.05, 3.63) is 72.9 Å². The van der Waals surface area contributed by atoms with Crippen molar-refractivity contribution in [2.45, 2.75) is 341 Å². The van der Waals surface area contributed by atoms with E-state index in [-0.39, 0.29) is 25.6 Å². The molecule has 0 bridgehead atoms. The van der Waals surface area contributed by atoms with Gasteiger partial charge < -0.3 is 18.9 Å². The highest BCUT2D eigenvalue weighted by atomic mass is 31.2. The number of unbranched alkanes of at least 4 members (excludes halogenated alkanes) is 40. The zero-order valence-corrected chi connectivity index (χ0v) is 56.8. The molecular formula is C74H137NO8P+. The minimum Gasteiger partial charge on any atom is -0.462 e. The van der Waals surface area contributed by atoms with Crippen LogP contribution in [0.2, 0.25) is 0 Å². The first-order chi connectivity index (χ1) is 41.0. The average Bonchev–Trinajstić information content (AvgIpc) is 3.61. The molecule has 0 amide bonds. The van der Waals surface area contributed by atoms with Crippen LogP contribution in [0.3, 0.4) is 0 Å². The number of hydrogen-bond acceptors (Lipinski definition) is 7. The Morgan fingerprint density at radius 3 is 1.02 bits per heavy atom. The number of rotatable bonds is 66. The maximum absolute atomic E-state index is 12.9. The summed E-state index contributed by atoms with van der Waals surface area (Å²) in [6.45, 7) is 4.37. The second-order valence-corrected chi connectivity index (χ2v) is 26.7. The molecule has 1 N–H and O–H groups in total. The minimum atomic E-state index is -4.39. The molecule has 0 rings (SSSR count). The van der Waals surface area contributed by atoms with Crippen LogP contribution in [0.1, 0.15) is 335 Å². The summed E-state index contributed by atoms with van der Waals surface area (Å²) in [4.78, 5) is 35.9. The van der Waals surface area contributed by atoms with Gasteiger partial charge >= 0.3 is 19.8 Å². The van der Waals surface area contributed by atoms with Crippen molar-refractivity contribution < 1.29 is 42.1 Å². The number of allylic oxidation sites excluding steroid dienone is 12. The van der Waals surface area contributed by atoms with E-state index in [1.54, 1.807) is 0 Å². The van der Waals surface area contributed by atoms with Crippen molar-refractivity contribution in [3.63, 3.8) is 0 Å². The molecule has 0 aromatic rings. The second kappa shape index (κ2) is 64.9. The number of carbonyl (C=O) groups is 2. The predicted molar refractivity (Wildman–Crippen MR) is 363 cm³/mol. The Labute approximate surface area is 520 Å². The van der Waals surface area contributed by atoms with Gasteiger partial charge in [-0.1, -0.05) is 311 Å². The summed E-state index contributed by atoms with van der Waals surface area (Å²) >= 11 is 0. The molecule has 9 nitrogen and oxygen atoms in total.